The lowest BCUT2D eigenvalue weighted by Gasteiger charge is -2.18. The molecule has 1 aliphatic rings. The van der Waals surface area contributed by atoms with Crippen LogP contribution in [0.3, 0.4) is 0 Å². The van der Waals surface area contributed by atoms with E-state index in [4.69, 9.17) is 4.74 Å². The van der Waals surface area contributed by atoms with Crippen LogP contribution in [-0.2, 0) is 14.3 Å². The maximum absolute atomic E-state index is 13.2. The number of rotatable bonds is 8. The molecule has 2 N–H and O–H groups in total. The molecule has 1 aliphatic carbocycles. The SMILES string of the molecule is CCOC(=O)CC(NC(=O)c1ccc(NC(=O)C2CC2)s1)c1ccc(F)cc1. The van der Waals surface area contributed by atoms with Crippen molar-refractivity contribution in [1.82, 2.24) is 5.32 Å². The van der Waals surface area contributed by atoms with Crippen LogP contribution in [0.15, 0.2) is 36.4 Å². The van der Waals surface area contributed by atoms with Gasteiger partial charge in [0.05, 0.1) is 28.9 Å². The number of carbonyl (C=O) groups excluding carboxylic acids is 3. The lowest BCUT2D eigenvalue weighted by atomic mass is 10.0. The molecule has 0 bridgehead atoms. The van der Waals surface area contributed by atoms with Gasteiger partial charge >= 0.3 is 5.97 Å². The number of nitrogens with one attached hydrogen (secondary N) is 2. The quantitative estimate of drug-likeness (QED) is 0.658. The minimum absolute atomic E-state index is 0.0275. The maximum atomic E-state index is 13.2. The number of benzene rings is 1. The van der Waals surface area contributed by atoms with Crippen LogP contribution in [0.4, 0.5) is 9.39 Å². The summed E-state index contributed by atoms with van der Waals surface area (Å²) in [6.07, 6.45) is 1.73. The summed E-state index contributed by atoms with van der Waals surface area (Å²) >= 11 is 1.16. The highest BCUT2D eigenvalue weighted by atomic mass is 32.1. The molecule has 1 unspecified atom stereocenters. The molecule has 0 radical (unpaired) electrons. The fraction of sp³-hybridized carbons (Fsp3) is 0.350. The van der Waals surface area contributed by atoms with E-state index in [9.17, 15) is 18.8 Å². The topological polar surface area (TPSA) is 84.5 Å². The van der Waals surface area contributed by atoms with E-state index in [1.54, 1.807) is 19.1 Å². The molecule has 1 saturated carbocycles. The average Bonchev–Trinajstić information content (AvgIpc) is 3.41. The van der Waals surface area contributed by atoms with Gasteiger partial charge in [0.25, 0.3) is 5.91 Å². The second-order valence-corrected chi connectivity index (χ2v) is 7.60. The van der Waals surface area contributed by atoms with Crippen LogP contribution in [0.1, 0.15) is 47.5 Å². The van der Waals surface area contributed by atoms with Crippen molar-refractivity contribution in [3.63, 3.8) is 0 Å². The molecule has 0 saturated heterocycles. The van der Waals surface area contributed by atoms with Crippen molar-refractivity contribution in [3.8, 4) is 0 Å². The Bertz CT molecular complexity index is 861. The predicted octanol–water partition coefficient (Wildman–Crippen LogP) is 3.66. The Kier molecular flexibility index (Phi) is 6.41. The molecule has 2 amide bonds. The monoisotopic (exact) mass is 404 g/mol. The van der Waals surface area contributed by atoms with Gasteiger partial charge in [-0.15, -0.1) is 11.3 Å². The zero-order valence-corrected chi connectivity index (χ0v) is 16.2. The van der Waals surface area contributed by atoms with Crippen molar-refractivity contribution in [2.45, 2.75) is 32.2 Å². The molecule has 1 heterocycles. The van der Waals surface area contributed by atoms with Crippen LogP contribution in [-0.4, -0.2) is 24.4 Å². The van der Waals surface area contributed by atoms with Gasteiger partial charge in [-0.25, -0.2) is 4.39 Å². The highest BCUT2D eigenvalue weighted by molar-refractivity contribution is 7.18. The van der Waals surface area contributed by atoms with Crippen molar-refractivity contribution >= 4 is 34.1 Å². The predicted molar refractivity (Wildman–Crippen MR) is 104 cm³/mol. The third kappa shape index (κ3) is 5.39. The highest BCUT2D eigenvalue weighted by Crippen LogP contribution is 2.31. The Labute approximate surface area is 166 Å². The van der Waals surface area contributed by atoms with Crippen molar-refractivity contribution in [3.05, 3.63) is 52.7 Å². The number of halogens is 1. The van der Waals surface area contributed by atoms with Gasteiger partial charge in [0.15, 0.2) is 0 Å². The molecule has 148 valence electrons. The average molecular weight is 404 g/mol. The third-order valence-electron chi connectivity index (χ3n) is 4.28. The van der Waals surface area contributed by atoms with E-state index in [0.29, 0.717) is 15.4 Å². The van der Waals surface area contributed by atoms with Crippen molar-refractivity contribution in [2.75, 3.05) is 11.9 Å². The number of anilines is 1. The summed E-state index contributed by atoms with van der Waals surface area (Å²) < 4.78 is 18.2. The molecule has 28 heavy (non-hydrogen) atoms. The van der Waals surface area contributed by atoms with Crippen LogP contribution in [0, 0.1) is 11.7 Å². The Morgan fingerprint density at radius 2 is 1.89 bits per heavy atom. The lowest BCUT2D eigenvalue weighted by molar-refractivity contribution is -0.143. The van der Waals surface area contributed by atoms with Crippen LogP contribution in [0.2, 0.25) is 0 Å². The fourth-order valence-corrected chi connectivity index (χ4v) is 3.47. The zero-order valence-electron chi connectivity index (χ0n) is 15.4. The Balaban J connectivity index is 1.69. The summed E-state index contributed by atoms with van der Waals surface area (Å²) in [7, 11) is 0. The molecule has 1 aromatic heterocycles. The lowest BCUT2D eigenvalue weighted by Crippen LogP contribution is -2.30. The van der Waals surface area contributed by atoms with Crippen molar-refractivity contribution in [2.24, 2.45) is 5.92 Å². The van der Waals surface area contributed by atoms with Crippen molar-refractivity contribution in [1.29, 1.82) is 0 Å². The molecule has 3 rings (SSSR count). The van der Waals surface area contributed by atoms with Crippen molar-refractivity contribution < 1.29 is 23.5 Å². The van der Waals surface area contributed by atoms with E-state index >= 15 is 0 Å². The summed E-state index contributed by atoms with van der Waals surface area (Å²) in [6, 6.07) is 8.24. The number of carbonyl (C=O) groups is 3. The molecular formula is C20H21FN2O4S. The van der Waals surface area contributed by atoms with Crippen LogP contribution in [0.5, 0.6) is 0 Å². The molecule has 6 nitrogen and oxygen atoms in total. The zero-order chi connectivity index (χ0) is 20.1. The fourth-order valence-electron chi connectivity index (χ4n) is 2.66. The van der Waals surface area contributed by atoms with E-state index in [0.717, 1.165) is 24.2 Å². The number of esters is 1. The van der Waals surface area contributed by atoms with Gasteiger partial charge in [0, 0.05) is 5.92 Å². The Morgan fingerprint density at radius 3 is 2.54 bits per heavy atom. The Hall–Kier alpha value is -2.74. The van der Waals surface area contributed by atoms with Gasteiger partial charge in [0.2, 0.25) is 5.91 Å². The summed E-state index contributed by atoms with van der Waals surface area (Å²) in [4.78, 5) is 36.8. The van der Waals surface area contributed by atoms with E-state index in [-0.39, 0.29) is 30.8 Å². The minimum Gasteiger partial charge on any atom is -0.466 e. The first-order valence-electron chi connectivity index (χ1n) is 9.09. The number of hydrogen-bond acceptors (Lipinski definition) is 5. The number of thiophene rings is 1. The van der Waals surface area contributed by atoms with Crippen LogP contribution >= 0.6 is 11.3 Å². The second-order valence-electron chi connectivity index (χ2n) is 6.51. The van der Waals surface area contributed by atoms with E-state index in [2.05, 4.69) is 10.6 Å². The first-order chi connectivity index (χ1) is 13.5. The second kappa shape index (κ2) is 8.97. The van der Waals surface area contributed by atoms with Gasteiger partial charge < -0.3 is 15.4 Å². The molecule has 0 spiro atoms. The molecule has 2 aromatic rings. The smallest absolute Gasteiger partial charge is 0.308 e. The standard InChI is InChI=1S/C20H21FN2O4S/c1-2-27-18(24)11-15(12-5-7-14(21)8-6-12)22-20(26)16-9-10-17(28-16)23-19(25)13-3-4-13/h5-10,13,15H,2-4,11H2,1H3,(H,22,26)(H,23,25). The van der Waals surface area contributed by atoms with E-state index in [1.807, 2.05) is 0 Å². The van der Waals surface area contributed by atoms with E-state index < -0.39 is 17.8 Å². The molecule has 1 fully saturated rings. The summed E-state index contributed by atoms with van der Waals surface area (Å²) in [5.74, 6) is -1.19. The van der Waals surface area contributed by atoms with Crippen LogP contribution < -0.4 is 10.6 Å². The van der Waals surface area contributed by atoms with Gasteiger partial charge in [0.1, 0.15) is 5.82 Å². The first-order valence-corrected chi connectivity index (χ1v) is 9.90. The largest absolute Gasteiger partial charge is 0.466 e. The Morgan fingerprint density at radius 1 is 1.18 bits per heavy atom. The van der Waals surface area contributed by atoms with Gasteiger partial charge in [-0.2, -0.15) is 0 Å². The normalized spacial score (nSPS) is 14.2. The van der Waals surface area contributed by atoms with Gasteiger partial charge in [-0.1, -0.05) is 12.1 Å². The van der Waals surface area contributed by atoms with Gasteiger partial charge in [-0.3, -0.25) is 14.4 Å². The van der Waals surface area contributed by atoms with Gasteiger partial charge in [-0.05, 0) is 49.6 Å². The molecular weight excluding hydrogens is 383 g/mol. The number of hydrogen-bond donors (Lipinski definition) is 2. The molecule has 1 aromatic carbocycles. The summed E-state index contributed by atoms with van der Waals surface area (Å²) in [5, 5.41) is 6.20. The minimum atomic E-state index is -0.654. The highest BCUT2D eigenvalue weighted by Gasteiger charge is 2.30. The first kappa shape index (κ1) is 20.0. The molecule has 0 aliphatic heterocycles. The number of amides is 2. The maximum Gasteiger partial charge on any atom is 0.308 e. The third-order valence-corrected chi connectivity index (χ3v) is 5.28. The van der Waals surface area contributed by atoms with Crippen LogP contribution in [0.25, 0.3) is 0 Å². The molecule has 8 heteroatoms. The number of ether oxygens (including phenoxy) is 1. The summed E-state index contributed by atoms with van der Waals surface area (Å²) in [6.45, 7) is 1.93. The molecule has 1 atom stereocenters. The summed E-state index contributed by atoms with van der Waals surface area (Å²) in [5.41, 5.74) is 0.599. The van der Waals surface area contributed by atoms with E-state index in [1.165, 1.54) is 24.3 Å².